The van der Waals surface area contributed by atoms with Crippen molar-refractivity contribution in [3.05, 3.63) is 56.2 Å². The zero-order valence-electron chi connectivity index (χ0n) is 18.7. The Hall–Kier alpha value is -3.14. The molecule has 1 saturated heterocycles. The normalized spacial score (nSPS) is 14.6. The van der Waals surface area contributed by atoms with Crippen molar-refractivity contribution in [3.8, 4) is 10.6 Å². The highest BCUT2D eigenvalue weighted by Gasteiger charge is 2.27. The van der Waals surface area contributed by atoms with Crippen molar-refractivity contribution in [3.63, 3.8) is 0 Å². The molecule has 1 amide bonds. The molecule has 0 saturated carbocycles. The van der Waals surface area contributed by atoms with Crippen LogP contribution in [0.25, 0.3) is 10.6 Å². The number of carbonyl (C=O) groups excluding carboxylic acids is 1. The summed E-state index contributed by atoms with van der Waals surface area (Å²) in [7, 11) is 0. The third-order valence-corrected chi connectivity index (χ3v) is 6.56. The fourth-order valence-electron chi connectivity index (χ4n) is 4.05. The van der Waals surface area contributed by atoms with Gasteiger partial charge in [0.25, 0.3) is 11.5 Å². The number of carbonyl (C=O) groups is 1. The van der Waals surface area contributed by atoms with E-state index in [1.807, 2.05) is 50.1 Å². The number of thiophene rings is 1. The number of hydrogen-bond acceptors (Lipinski definition) is 6. The first-order valence-corrected chi connectivity index (χ1v) is 11.7. The Morgan fingerprint density at radius 3 is 2.31 bits per heavy atom. The van der Waals surface area contributed by atoms with Crippen molar-refractivity contribution in [2.45, 2.75) is 39.8 Å². The van der Waals surface area contributed by atoms with Gasteiger partial charge in [-0.15, -0.1) is 11.3 Å². The summed E-state index contributed by atoms with van der Waals surface area (Å²) in [5.74, 6) is 0.485. The summed E-state index contributed by atoms with van der Waals surface area (Å²) < 4.78 is 2.95. The van der Waals surface area contributed by atoms with E-state index >= 15 is 0 Å². The van der Waals surface area contributed by atoms with Crippen LogP contribution >= 0.6 is 11.3 Å². The van der Waals surface area contributed by atoms with E-state index in [0.717, 1.165) is 10.6 Å². The Bertz CT molecular complexity index is 1210. The summed E-state index contributed by atoms with van der Waals surface area (Å²) >= 11 is 1.59. The van der Waals surface area contributed by atoms with Gasteiger partial charge in [0.15, 0.2) is 5.69 Å². The van der Waals surface area contributed by atoms with Crippen LogP contribution in [0, 0.1) is 0 Å². The Labute approximate surface area is 189 Å². The van der Waals surface area contributed by atoms with Crippen molar-refractivity contribution < 1.29 is 4.79 Å². The number of amides is 1. The Morgan fingerprint density at radius 2 is 1.72 bits per heavy atom. The van der Waals surface area contributed by atoms with Crippen molar-refractivity contribution in [1.82, 2.24) is 24.2 Å². The highest BCUT2D eigenvalue weighted by molar-refractivity contribution is 7.13. The van der Waals surface area contributed by atoms with Crippen molar-refractivity contribution in [2.24, 2.45) is 0 Å². The number of hydrogen-bond donors (Lipinski definition) is 1. The van der Waals surface area contributed by atoms with Crippen LogP contribution in [0.2, 0.25) is 0 Å². The Kier molecular flexibility index (Phi) is 6.05. The fourth-order valence-corrected chi connectivity index (χ4v) is 4.74. The van der Waals surface area contributed by atoms with Crippen molar-refractivity contribution in [2.75, 3.05) is 31.1 Å². The molecule has 32 heavy (non-hydrogen) atoms. The van der Waals surface area contributed by atoms with Gasteiger partial charge in [-0.05, 0) is 45.2 Å². The lowest BCUT2D eigenvalue weighted by Crippen LogP contribution is -2.51. The van der Waals surface area contributed by atoms with Crippen LogP contribution in [0.15, 0.2) is 39.2 Å². The number of piperazine rings is 1. The molecule has 1 aliphatic rings. The monoisotopic (exact) mass is 456 g/mol. The van der Waals surface area contributed by atoms with Gasteiger partial charge in [-0.3, -0.25) is 23.8 Å². The van der Waals surface area contributed by atoms with Crippen molar-refractivity contribution >= 4 is 23.1 Å². The van der Waals surface area contributed by atoms with Gasteiger partial charge in [0.1, 0.15) is 5.82 Å². The molecule has 1 aliphatic heterocycles. The third kappa shape index (κ3) is 4.02. The number of aromatic amines is 1. The zero-order chi connectivity index (χ0) is 23.0. The van der Waals surface area contributed by atoms with Crippen LogP contribution in [-0.2, 0) is 0 Å². The number of rotatable bonds is 5. The van der Waals surface area contributed by atoms with Gasteiger partial charge in [-0.25, -0.2) is 4.79 Å². The quantitative estimate of drug-likeness (QED) is 0.637. The summed E-state index contributed by atoms with van der Waals surface area (Å²) in [6.07, 6.45) is 0. The largest absolute Gasteiger partial charge is 0.354 e. The average Bonchev–Trinajstić information content (AvgIpc) is 3.44. The van der Waals surface area contributed by atoms with E-state index in [1.165, 1.54) is 4.57 Å². The molecule has 0 aliphatic carbocycles. The highest BCUT2D eigenvalue weighted by atomic mass is 32.1. The van der Waals surface area contributed by atoms with E-state index in [9.17, 15) is 14.4 Å². The van der Waals surface area contributed by atoms with Crippen LogP contribution in [0.4, 0.5) is 5.82 Å². The second-order valence-electron chi connectivity index (χ2n) is 8.47. The molecular formula is C22H28N6O3S. The topological polar surface area (TPSA) is 96.2 Å². The van der Waals surface area contributed by atoms with Crippen LogP contribution in [-0.4, -0.2) is 56.3 Å². The molecule has 0 bridgehead atoms. The molecule has 10 heteroatoms. The lowest BCUT2D eigenvalue weighted by atomic mass is 10.2. The van der Waals surface area contributed by atoms with E-state index < -0.39 is 0 Å². The van der Waals surface area contributed by atoms with Crippen molar-refractivity contribution in [1.29, 1.82) is 0 Å². The van der Waals surface area contributed by atoms with Gasteiger partial charge in [0.2, 0.25) is 0 Å². The van der Waals surface area contributed by atoms with E-state index in [1.54, 1.807) is 32.9 Å². The highest BCUT2D eigenvalue weighted by Crippen LogP contribution is 2.24. The standard InChI is InChI=1S/C22H28N6O3S/c1-14(2)27-19(13-20(29)28(15(3)4)22(27)31)25-7-9-26(10-8-25)21(30)17-12-16(23-24-17)18-6-5-11-32-18/h5-6,11-15H,7-10H2,1-4H3,(H,23,24). The number of H-pyrrole nitrogens is 1. The molecule has 9 nitrogen and oxygen atoms in total. The smallest absolute Gasteiger partial charge is 0.333 e. The van der Waals surface area contributed by atoms with Crippen LogP contribution < -0.4 is 16.1 Å². The molecule has 1 N–H and O–H groups in total. The van der Waals surface area contributed by atoms with E-state index in [0.29, 0.717) is 37.7 Å². The molecule has 0 atom stereocenters. The second kappa shape index (κ2) is 8.78. The molecule has 3 aromatic heterocycles. The number of anilines is 1. The predicted molar refractivity (Wildman–Crippen MR) is 126 cm³/mol. The van der Waals surface area contributed by atoms with Crippen LogP contribution in [0.5, 0.6) is 0 Å². The number of nitrogens with one attached hydrogen (secondary N) is 1. The summed E-state index contributed by atoms with van der Waals surface area (Å²) in [6.45, 7) is 9.56. The maximum Gasteiger partial charge on any atom is 0.333 e. The predicted octanol–water partition coefficient (Wildman–Crippen LogP) is 2.59. The first kappa shape index (κ1) is 22.1. The van der Waals surface area contributed by atoms with Gasteiger partial charge in [0.05, 0.1) is 10.6 Å². The van der Waals surface area contributed by atoms with E-state index in [2.05, 4.69) is 10.2 Å². The summed E-state index contributed by atoms with van der Waals surface area (Å²) in [6, 6.07) is 6.95. The SMILES string of the molecule is CC(C)n1c(N2CCN(C(=O)c3cc(-c4cccs4)[nH]n3)CC2)cc(=O)n(C(C)C)c1=O. The van der Waals surface area contributed by atoms with E-state index in [4.69, 9.17) is 0 Å². The number of aromatic nitrogens is 4. The molecule has 0 spiro atoms. The minimum atomic E-state index is -0.298. The average molecular weight is 457 g/mol. The van der Waals surface area contributed by atoms with E-state index in [-0.39, 0.29) is 29.2 Å². The summed E-state index contributed by atoms with van der Waals surface area (Å²) in [5.41, 5.74) is 0.621. The van der Waals surface area contributed by atoms with Gasteiger partial charge >= 0.3 is 5.69 Å². The molecule has 0 unspecified atom stereocenters. The molecule has 4 rings (SSSR count). The molecule has 3 aromatic rings. The van der Waals surface area contributed by atoms with Crippen LogP contribution in [0.3, 0.4) is 0 Å². The molecule has 170 valence electrons. The summed E-state index contributed by atoms with van der Waals surface area (Å²) in [4.78, 5) is 43.4. The Morgan fingerprint density at radius 1 is 1.03 bits per heavy atom. The van der Waals surface area contributed by atoms with Gasteiger partial charge in [-0.1, -0.05) is 6.07 Å². The first-order chi connectivity index (χ1) is 15.3. The minimum Gasteiger partial charge on any atom is -0.354 e. The van der Waals surface area contributed by atoms with Crippen LogP contribution in [0.1, 0.15) is 50.3 Å². The number of nitrogens with zero attached hydrogens (tertiary/aromatic N) is 5. The molecular weight excluding hydrogens is 428 g/mol. The lowest BCUT2D eigenvalue weighted by molar-refractivity contribution is 0.0740. The third-order valence-electron chi connectivity index (χ3n) is 5.66. The fraction of sp³-hybridized carbons (Fsp3) is 0.455. The molecule has 0 radical (unpaired) electrons. The van der Waals surface area contributed by atoms with Gasteiger partial charge in [-0.2, -0.15) is 5.10 Å². The first-order valence-electron chi connectivity index (χ1n) is 10.8. The Balaban J connectivity index is 1.52. The van der Waals surface area contributed by atoms with Gasteiger partial charge in [0, 0.05) is 44.3 Å². The maximum atomic E-state index is 13.0. The summed E-state index contributed by atoms with van der Waals surface area (Å²) in [5, 5.41) is 9.11. The maximum absolute atomic E-state index is 13.0. The lowest BCUT2D eigenvalue weighted by Gasteiger charge is -2.37. The molecule has 1 fully saturated rings. The van der Waals surface area contributed by atoms with Gasteiger partial charge < -0.3 is 9.80 Å². The second-order valence-corrected chi connectivity index (χ2v) is 9.42. The minimum absolute atomic E-state index is 0.0949. The molecule has 0 aromatic carbocycles. The zero-order valence-corrected chi connectivity index (χ0v) is 19.6. The molecule has 4 heterocycles.